The van der Waals surface area contributed by atoms with E-state index in [0.717, 1.165) is 31.5 Å². The van der Waals surface area contributed by atoms with E-state index in [0.29, 0.717) is 12.3 Å². The molecular weight excluding hydrogens is 224 g/mol. The van der Waals surface area contributed by atoms with Gasteiger partial charge >= 0.3 is 0 Å². The highest BCUT2D eigenvalue weighted by molar-refractivity contribution is 5.95. The van der Waals surface area contributed by atoms with Gasteiger partial charge in [-0.2, -0.15) is 0 Å². The molecule has 1 fully saturated rings. The number of hydrogen-bond acceptors (Lipinski definition) is 2. The lowest BCUT2D eigenvalue weighted by molar-refractivity contribution is -0.119. The summed E-state index contributed by atoms with van der Waals surface area (Å²) in [5.41, 5.74) is 8.45. The van der Waals surface area contributed by atoms with E-state index >= 15 is 0 Å². The van der Waals surface area contributed by atoms with Crippen molar-refractivity contribution in [2.24, 2.45) is 11.7 Å². The molecule has 0 spiro atoms. The van der Waals surface area contributed by atoms with E-state index in [1.807, 2.05) is 17.0 Å². The van der Waals surface area contributed by atoms with Crippen LogP contribution in [-0.4, -0.2) is 18.5 Å². The van der Waals surface area contributed by atoms with Gasteiger partial charge in [-0.1, -0.05) is 24.6 Å². The van der Waals surface area contributed by atoms with Crippen molar-refractivity contribution >= 4 is 11.6 Å². The molecule has 1 saturated carbocycles. The number of hydrogen-bond donors (Lipinski definition) is 1. The van der Waals surface area contributed by atoms with Crippen LogP contribution in [0, 0.1) is 5.92 Å². The Morgan fingerprint density at radius 3 is 2.94 bits per heavy atom. The zero-order valence-corrected chi connectivity index (χ0v) is 10.6. The second-order valence-corrected chi connectivity index (χ2v) is 5.48. The number of nitrogens with two attached hydrogens (primary N) is 1. The van der Waals surface area contributed by atoms with Crippen LogP contribution < -0.4 is 10.6 Å². The molecule has 1 aliphatic heterocycles. The van der Waals surface area contributed by atoms with Crippen LogP contribution >= 0.6 is 0 Å². The van der Waals surface area contributed by atoms with Crippen LogP contribution in [0.25, 0.3) is 0 Å². The van der Waals surface area contributed by atoms with Crippen LogP contribution in [0.15, 0.2) is 24.3 Å². The summed E-state index contributed by atoms with van der Waals surface area (Å²) in [5.74, 6) is 0.646. The fourth-order valence-corrected chi connectivity index (χ4v) is 3.25. The van der Waals surface area contributed by atoms with E-state index < -0.39 is 0 Å². The van der Waals surface area contributed by atoms with Crippen LogP contribution in [0.3, 0.4) is 0 Å². The Morgan fingerprint density at radius 1 is 1.33 bits per heavy atom. The monoisotopic (exact) mass is 244 g/mol. The summed E-state index contributed by atoms with van der Waals surface area (Å²) in [6.07, 6.45) is 4.97. The van der Waals surface area contributed by atoms with Crippen LogP contribution in [0.1, 0.15) is 31.2 Å². The van der Waals surface area contributed by atoms with E-state index in [-0.39, 0.29) is 11.9 Å². The molecule has 1 amide bonds. The van der Waals surface area contributed by atoms with Crippen molar-refractivity contribution in [1.82, 2.24) is 0 Å². The Bertz CT molecular complexity index is 458. The first-order chi connectivity index (χ1) is 8.75. The van der Waals surface area contributed by atoms with E-state index in [2.05, 4.69) is 12.1 Å². The van der Waals surface area contributed by atoms with Crippen LogP contribution in [0.2, 0.25) is 0 Å². The molecule has 2 N–H and O–H groups in total. The Morgan fingerprint density at radius 2 is 2.17 bits per heavy atom. The van der Waals surface area contributed by atoms with Crippen molar-refractivity contribution in [3.05, 3.63) is 29.8 Å². The van der Waals surface area contributed by atoms with Crippen molar-refractivity contribution < 1.29 is 4.79 Å². The summed E-state index contributed by atoms with van der Waals surface area (Å²) in [7, 11) is 0. The first-order valence-corrected chi connectivity index (χ1v) is 6.89. The van der Waals surface area contributed by atoms with Crippen molar-refractivity contribution in [1.29, 1.82) is 0 Å². The quantitative estimate of drug-likeness (QED) is 0.866. The van der Waals surface area contributed by atoms with Crippen LogP contribution in [-0.2, 0) is 11.2 Å². The molecular formula is C15H20N2O. The molecule has 3 nitrogen and oxygen atoms in total. The molecule has 3 rings (SSSR count). The maximum Gasteiger partial charge on any atom is 0.227 e. The van der Waals surface area contributed by atoms with Crippen molar-refractivity contribution in [2.45, 2.75) is 38.1 Å². The molecule has 0 aromatic heterocycles. The Labute approximate surface area is 108 Å². The highest BCUT2D eigenvalue weighted by atomic mass is 16.2. The molecule has 0 unspecified atom stereocenters. The summed E-state index contributed by atoms with van der Waals surface area (Å²) >= 11 is 0. The van der Waals surface area contributed by atoms with Gasteiger partial charge in [0.2, 0.25) is 5.91 Å². The smallest absolute Gasteiger partial charge is 0.227 e. The maximum absolute atomic E-state index is 12.4. The fraction of sp³-hybridized carbons (Fsp3) is 0.533. The summed E-state index contributed by atoms with van der Waals surface area (Å²) in [6.45, 7) is 0.833. The van der Waals surface area contributed by atoms with Crippen molar-refractivity contribution in [3.63, 3.8) is 0 Å². The SMILES string of the molecule is N[C@@H]1CCC[C@H]1CC(=O)N1CCc2ccccc21. The summed E-state index contributed by atoms with van der Waals surface area (Å²) in [4.78, 5) is 14.3. The third kappa shape index (κ3) is 2.03. The van der Waals surface area contributed by atoms with Gasteiger partial charge in [-0.05, 0) is 36.8 Å². The van der Waals surface area contributed by atoms with Crippen molar-refractivity contribution in [3.8, 4) is 0 Å². The van der Waals surface area contributed by atoms with E-state index in [1.165, 1.54) is 12.0 Å². The summed E-state index contributed by atoms with van der Waals surface area (Å²) in [6, 6.07) is 8.44. The zero-order valence-electron chi connectivity index (χ0n) is 10.6. The van der Waals surface area contributed by atoms with E-state index in [1.54, 1.807) is 0 Å². The van der Waals surface area contributed by atoms with Gasteiger partial charge in [-0.25, -0.2) is 0 Å². The molecule has 1 aromatic carbocycles. The highest BCUT2D eigenvalue weighted by Crippen LogP contribution is 2.31. The number of fused-ring (bicyclic) bond motifs is 1. The van der Waals surface area contributed by atoms with Gasteiger partial charge in [0.25, 0.3) is 0 Å². The van der Waals surface area contributed by atoms with Gasteiger partial charge in [0.05, 0.1) is 0 Å². The van der Waals surface area contributed by atoms with Crippen LogP contribution in [0.5, 0.6) is 0 Å². The number of para-hydroxylation sites is 1. The molecule has 1 heterocycles. The largest absolute Gasteiger partial charge is 0.327 e. The second-order valence-electron chi connectivity index (χ2n) is 5.48. The third-order valence-electron chi connectivity index (χ3n) is 4.34. The van der Waals surface area contributed by atoms with Gasteiger partial charge < -0.3 is 10.6 Å². The predicted molar refractivity (Wildman–Crippen MR) is 72.4 cm³/mol. The molecule has 0 bridgehead atoms. The van der Waals surface area contributed by atoms with Gasteiger partial charge in [0, 0.05) is 24.7 Å². The Balaban J connectivity index is 1.71. The summed E-state index contributed by atoms with van der Waals surface area (Å²) in [5, 5.41) is 0. The minimum absolute atomic E-state index is 0.229. The lowest BCUT2D eigenvalue weighted by Gasteiger charge is -2.21. The normalized spacial score (nSPS) is 26.4. The molecule has 18 heavy (non-hydrogen) atoms. The predicted octanol–water partition coefficient (Wildman–Crippen LogP) is 2.09. The molecule has 0 radical (unpaired) electrons. The Hall–Kier alpha value is -1.35. The molecule has 1 aliphatic carbocycles. The van der Waals surface area contributed by atoms with Gasteiger partial charge in [0.15, 0.2) is 0 Å². The van der Waals surface area contributed by atoms with E-state index in [4.69, 9.17) is 5.73 Å². The van der Waals surface area contributed by atoms with Crippen molar-refractivity contribution in [2.75, 3.05) is 11.4 Å². The highest BCUT2D eigenvalue weighted by Gasteiger charge is 2.30. The first kappa shape index (κ1) is 11.7. The Kier molecular flexibility index (Phi) is 3.08. The molecule has 1 aromatic rings. The average Bonchev–Trinajstić information content (AvgIpc) is 2.96. The number of amides is 1. The molecule has 2 aliphatic rings. The maximum atomic E-state index is 12.4. The topological polar surface area (TPSA) is 46.3 Å². The number of anilines is 1. The number of carbonyl (C=O) groups is 1. The third-order valence-corrected chi connectivity index (χ3v) is 4.34. The molecule has 0 saturated heterocycles. The van der Waals surface area contributed by atoms with Gasteiger partial charge in [-0.15, -0.1) is 0 Å². The minimum Gasteiger partial charge on any atom is -0.327 e. The lowest BCUT2D eigenvalue weighted by atomic mass is 9.99. The number of nitrogens with zero attached hydrogens (tertiary/aromatic N) is 1. The number of carbonyl (C=O) groups excluding carboxylic acids is 1. The lowest BCUT2D eigenvalue weighted by Crippen LogP contribution is -2.34. The number of rotatable bonds is 2. The molecule has 96 valence electrons. The van der Waals surface area contributed by atoms with Crippen LogP contribution in [0.4, 0.5) is 5.69 Å². The molecule has 2 atom stereocenters. The zero-order chi connectivity index (χ0) is 12.5. The fourth-order valence-electron chi connectivity index (χ4n) is 3.25. The summed E-state index contributed by atoms with van der Waals surface area (Å²) < 4.78 is 0. The minimum atomic E-state index is 0.229. The standard InChI is InChI=1S/C15H20N2O/c16-13-6-3-5-12(13)10-15(18)17-9-8-11-4-1-2-7-14(11)17/h1-2,4,7,12-13H,3,5-6,8-10,16H2/t12-,13+/m0/s1. The van der Waals surface area contributed by atoms with E-state index in [9.17, 15) is 4.79 Å². The number of benzene rings is 1. The molecule has 3 heteroatoms. The first-order valence-electron chi connectivity index (χ1n) is 6.89. The average molecular weight is 244 g/mol. The van der Waals surface area contributed by atoms with Gasteiger partial charge in [0.1, 0.15) is 0 Å². The van der Waals surface area contributed by atoms with Gasteiger partial charge in [-0.3, -0.25) is 4.79 Å². The second kappa shape index (κ2) is 4.73.